The van der Waals surface area contributed by atoms with Gasteiger partial charge in [-0.25, -0.2) is 8.42 Å². The number of carbonyl (C=O) groups excluding carboxylic acids is 2. The van der Waals surface area contributed by atoms with Crippen molar-refractivity contribution in [3.8, 4) is 5.75 Å². The third kappa shape index (κ3) is 7.57. The van der Waals surface area contributed by atoms with Crippen molar-refractivity contribution in [3.63, 3.8) is 0 Å². The zero-order valence-electron chi connectivity index (χ0n) is 23.6. The molecule has 8 nitrogen and oxygen atoms in total. The minimum atomic E-state index is -4.13. The van der Waals surface area contributed by atoms with E-state index < -0.39 is 28.5 Å². The van der Waals surface area contributed by atoms with E-state index in [1.165, 1.54) is 28.8 Å². The van der Waals surface area contributed by atoms with E-state index in [4.69, 9.17) is 4.74 Å². The van der Waals surface area contributed by atoms with Crippen LogP contribution in [0.1, 0.15) is 31.9 Å². The van der Waals surface area contributed by atoms with Gasteiger partial charge in [0.1, 0.15) is 18.3 Å². The lowest BCUT2D eigenvalue weighted by atomic mass is 10.1. The smallest absolute Gasteiger partial charge is 0.264 e. The Morgan fingerprint density at radius 2 is 1.62 bits per heavy atom. The first-order valence-electron chi connectivity index (χ1n) is 13.1. The van der Waals surface area contributed by atoms with Crippen molar-refractivity contribution in [3.05, 3.63) is 83.9 Å². The van der Waals surface area contributed by atoms with E-state index in [0.717, 1.165) is 20.3 Å². The van der Waals surface area contributed by atoms with Crippen LogP contribution in [0.25, 0.3) is 0 Å². The van der Waals surface area contributed by atoms with Gasteiger partial charge in [-0.05, 0) is 93.6 Å². The maximum absolute atomic E-state index is 14.0. The van der Waals surface area contributed by atoms with Crippen LogP contribution in [-0.4, -0.2) is 57.1 Å². The molecule has 1 N–H and O–H groups in total. The van der Waals surface area contributed by atoms with Crippen LogP contribution in [0.15, 0.2) is 82.6 Å². The summed E-state index contributed by atoms with van der Waals surface area (Å²) in [7, 11) is -4.13. The Kier molecular flexibility index (Phi) is 11.0. The molecule has 3 rings (SSSR count). The van der Waals surface area contributed by atoms with Crippen molar-refractivity contribution in [2.75, 3.05) is 30.3 Å². The van der Waals surface area contributed by atoms with E-state index in [-0.39, 0.29) is 17.3 Å². The van der Waals surface area contributed by atoms with Gasteiger partial charge in [0.15, 0.2) is 0 Å². The van der Waals surface area contributed by atoms with Crippen molar-refractivity contribution in [2.24, 2.45) is 0 Å². The molecule has 3 aromatic carbocycles. The van der Waals surface area contributed by atoms with Gasteiger partial charge in [0.05, 0.1) is 17.2 Å². The van der Waals surface area contributed by atoms with E-state index in [9.17, 15) is 18.0 Å². The number of benzene rings is 3. The second kappa shape index (κ2) is 14.2. The number of likely N-dealkylation sites (N-methyl/N-ethyl adjacent to an activating group) is 1. The van der Waals surface area contributed by atoms with Gasteiger partial charge < -0.3 is 15.0 Å². The number of amides is 2. The van der Waals surface area contributed by atoms with Crippen LogP contribution in [0.5, 0.6) is 5.75 Å². The van der Waals surface area contributed by atoms with Crippen molar-refractivity contribution < 1.29 is 22.7 Å². The number of rotatable bonds is 13. The van der Waals surface area contributed by atoms with Crippen LogP contribution in [0.4, 0.5) is 5.69 Å². The van der Waals surface area contributed by atoms with Crippen molar-refractivity contribution in [2.45, 2.75) is 50.1 Å². The first kappa shape index (κ1) is 31.0. The van der Waals surface area contributed by atoms with Crippen molar-refractivity contribution in [1.82, 2.24) is 10.2 Å². The van der Waals surface area contributed by atoms with E-state index >= 15 is 0 Å². The highest BCUT2D eigenvalue weighted by atomic mass is 32.2. The van der Waals surface area contributed by atoms with Crippen LogP contribution in [-0.2, 0) is 26.2 Å². The van der Waals surface area contributed by atoms with E-state index in [1.807, 2.05) is 44.4 Å². The molecule has 0 heterocycles. The van der Waals surface area contributed by atoms with Crippen molar-refractivity contribution in [1.29, 1.82) is 0 Å². The summed E-state index contributed by atoms with van der Waals surface area (Å²) in [5.74, 6) is -0.224. The molecule has 1 unspecified atom stereocenters. The summed E-state index contributed by atoms with van der Waals surface area (Å²) in [5.41, 5.74) is 2.15. The fourth-order valence-electron chi connectivity index (χ4n) is 4.15. The second-order valence-electron chi connectivity index (χ2n) is 9.13. The monoisotopic (exact) mass is 583 g/mol. The summed E-state index contributed by atoms with van der Waals surface area (Å²) in [6.45, 7) is 7.80. The molecule has 0 bridgehead atoms. The molecule has 0 fully saturated rings. The van der Waals surface area contributed by atoms with Crippen molar-refractivity contribution >= 4 is 39.3 Å². The fraction of sp³-hybridized carbons (Fsp3) is 0.333. The van der Waals surface area contributed by atoms with E-state index in [2.05, 4.69) is 5.32 Å². The van der Waals surface area contributed by atoms with Gasteiger partial charge in [-0.3, -0.25) is 13.9 Å². The third-order valence-corrected chi connectivity index (χ3v) is 9.01. The Morgan fingerprint density at radius 3 is 2.20 bits per heavy atom. The number of anilines is 1. The van der Waals surface area contributed by atoms with Gasteiger partial charge in [0, 0.05) is 18.0 Å². The molecule has 0 spiro atoms. The molecule has 40 heavy (non-hydrogen) atoms. The standard InChI is InChI=1S/C30H37N3O5S2/c1-6-31-30(35)23(4)32(20-24-11-9-8-10-22(24)3)29(34)21-33(25-12-14-26(15-13-25)38-7-2)40(36,37)28-18-16-27(39-5)17-19-28/h8-19,23H,6-7,20-21H2,1-5H3,(H,31,35). The topological polar surface area (TPSA) is 96.0 Å². The van der Waals surface area contributed by atoms with Gasteiger partial charge in [-0.15, -0.1) is 11.8 Å². The molecule has 0 saturated carbocycles. The van der Waals surface area contributed by atoms with E-state index in [1.54, 1.807) is 50.2 Å². The molecule has 3 aromatic rings. The maximum Gasteiger partial charge on any atom is 0.264 e. The number of thioether (sulfide) groups is 1. The summed E-state index contributed by atoms with van der Waals surface area (Å²) >= 11 is 1.50. The average molecular weight is 584 g/mol. The summed E-state index contributed by atoms with van der Waals surface area (Å²) < 4.78 is 34.5. The summed E-state index contributed by atoms with van der Waals surface area (Å²) in [6, 6.07) is 19.9. The molecule has 214 valence electrons. The first-order valence-corrected chi connectivity index (χ1v) is 15.8. The summed E-state index contributed by atoms with van der Waals surface area (Å²) in [6.07, 6.45) is 1.91. The first-order chi connectivity index (χ1) is 19.1. The Bertz CT molecular complexity index is 1390. The molecular weight excluding hydrogens is 546 g/mol. The lowest BCUT2D eigenvalue weighted by molar-refractivity contribution is -0.139. The highest BCUT2D eigenvalue weighted by Crippen LogP contribution is 2.28. The van der Waals surface area contributed by atoms with Crippen LogP contribution in [0.3, 0.4) is 0 Å². The normalized spacial score (nSPS) is 11.9. The fourth-order valence-corrected chi connectivity index (χ4v) is 5.98. The number of carbonyl (C=O) groups is 2. The number of nitrogens with zero attached hydrogens (tertiary/aromatic N) is 2. The summed E-state index contributed by atoms with van der Waals surface area (Å²) in [5, 5.41) is 2.77. The Balaban J connectivity index is 2.04. The predicted octanol–water partition coefficient (Wildman–Crippen LogP) is 4.86. The minimum absolute atomic E-state index is 0.0641. The van der Waals surface area contributed by atoms with Gasteiger partial charge >= 0.3 is 0 Å². The SMILES string of the molecule is CCNC(=O)C(C)N(Cc1ccccc1C)C(=O)CN(c1ccc(OCC)cc1)S(=O)(=O)c1ccc(SC)cc1. The number of hydrogen-bond donors (Lipinski definition) is 1. The van der Waals surface area contributed by atoms with Gasteiger partial charge in [0.25, 0.3) is 10.0 Å². The molecular formula is C30H37N3O5S2. The molecule has 0 aromatic heterocycles. The average Bonchev–Trinajstić information content (AvgIpc) is 2.95. The Labute approximate surface area is 241 Å². The molecule has 1 atom stereocenters. The molecule has 0 aliphatic carbocycles. The number of nitrogens with one attached hydrogen (secondary N) is 1. The highest BCUT2D eigenvalue weighted by molar-refractivity contribution is 7.98. The van der Waals surface area contributed by atoms with E-state index in [0.29, 0.717) is 24.6 Å². The van der Waals surface area contributed by atoms with Crippen LogP contribution >= 0.6 is 11.8 Å². The lowest BCUT2D eigenvalue weighted by Crippen LogP contribution is -2.51. The second-order valence-corrected chi connectivity index (χ2v) is 11.9. The number of hydrogen-bond acceptors (Lipinski definition) is 6. The van der Waals surface area contributed by atoms with Crippen LogP contribution in [0, 0.1) is 6.92 Å². The molecule has 10 heteroatoms. The predicted molar refractivity (Wildman–Crippen MR) is 160 cm³/mol. The molecule has 0 aliphatic rings. The maximum atomic E-state index is 14.0. The summed E-state index contributed by atoms with van der Waals surface area (Å²) in [4.78, 5) is 29.2. The number of ether oxygens (including phenoxy) is 1. The molecule has 2 amide bonds. The number of aryl methyl sites for hydroxylation is 1. The molecule has 0 saturated heterocycles. The zero-order chi connectivity index (χ0) is 29.3. The minimum Gasteiger partial charge on any atom is -0.494 e. The Morgan fingerprint density at radius 1 is 0.975 bits per heavy atom. The van der Waals surface area contributed by atoms with Gasteiger partial charge in [0.2, 0.25) is 11.8 Å². The Hall–Kier alpha value is -3.50. The van der Waals surface area contributed by atoms with Gasteiger partial charge in [-0.1, -0.05) is 24.3 Å². The van der Waals surface area contributed by atoms with Crippen LogP contribution < -0.4 is 14.4 Å². The largest absolute Gasteiger partial charge is 0.494 e. The lowest BCUT2D eigenvalue weighted by Gasteiger charge is -2.32. The van der Waals surface area contributed by atoms with Gasteiger partial charge in [-0.2, -0.15) is 0 Å². The quantitative estimate of drug-likeness (QED) is 0.289. The highest BCUT2D eigenvalue weighted by Gasteiger charge is 2.32. The molecule has 0 aliphatic heterocycles. The molecule has 0 radical (unpaired) electrons. The zero-order valence-corrected chi connectivity index (χ0v) is 25.2. The third-order valence-electron chi connectivity index (χ3n) is 6.48. The number of sulfonamides is 1. The van der Waals surface area contributed by atoms with Crippen LogP contribution in [0.2, 0.25) is 0 Å².